The van der Waals surface area contributed by atoms with Crippen LogP contribution in [0.2, 0.25) is 0 Å². The zero-order valence-corrected chi connectivity index (χ0v) is 15.7. The summed E-state index contributed by atoms with van der Waals surface area (Å²) in [5, 5.41) is 4.71. The summed E-state index contributed by atoms with van der Waals surface area (Å²) in [6.07, 6.45) is 3.66. The molecule has 140 valence electrons. The third kappa shape index (κ3) is 3.70. The van der Waals surface area contributed by atoms with Crippen LogP contribution in [0, 0.1) is 16.4 Å². The molecular formula is C20H21F2N4S+. The molecule has 0 bridgehead atoms. The largest absolute Gasteiger partial charge is 0.316 e. The van der Waals surface area contributed by atoms with Gasteiger partial charge in [0, 0.05) is 11.6 Å². The number of nitrogens with one attached hydrogen (secondary N) is 1. The number of benzene rings is 2. The summed E-state index contributed by atoms with van der Waals surface area (Å²) in [6, 6.07) is 13.1. The predicted molar refractivity (Wildman–Crippen MR) is 102 cm³/mol. The average molecular weight is 387 g/mol. The molecule has 2 heterocycles. The molecule has 4 nitrogen and oxygen atoms in total. The Morgan fingerprint density at radius 3 is 2.44 bits per heavy atom. The number of likely N-dealkylation sites (tertiary alicyclic amines) is 1. The molecule has 0 unspecified atom stereocenters. The molecule has 0 aliphatic carbocycles. The fraction of sp³-hybridized carbons (Fsp3) is 0.300. The fourth-order valence-corrected chi connectivity index (χ4v) is 3.88. The van der Waals surface area contributed by atoms with Gasteiger partial charge in [-0.1, -0.05) is 30.3 Å². The molecule has 0 amide bonds. The minimum absolute atomic E-state index is 0.208. The lowest BCUT2D eigenvalue weighted by Gasteiger charge is -2.22. The van der Waals surface area contributed by atoms with Gasteiger partial charge in [-0.3, -0.25) is 4.57 Å². The highest BCUT2D eigenvalue weighted by Crippen LogP contribution is 2.24. The number of aromatic nitrogens is 3. The summed E-state index contributed by atoms with van der Waals surface area (Å²) in [5.41, 5.74) is 1.04. The van der Waals surface area contributed by atoms with E-state index in [0.29, 0.717) is 17.3 Å². The van der Waals surface area contributed by atoms with Crippen molar-refractivity contribution in [2.75, 3.05) is 13.1 Å². The Morgan fingerprint density at radius 1 is 1.00 bits per heavy atom. The highest BCUT2D eigenvalue weighted by Gasteiger charge is 2.21. The summed E-state index contributed by atoms with van der Waals surface area (Å²) in [4.78, 5) is 1.42. The third-order valence-corrected chi connectivity index (χ3v) is 5.35. The van der Waals surface area contributed by atoms with Gasteiger partial charge >= 0.3 is 0 Å². The van der Waals surface area contributed by atoms with Crippen molar-refractivity contribution in [2.24, 2.45) is 0 Å². The molecule has 2 aromatic carbocycles. The van der Waals surface area contributed by atoms with E-state index in [1.165, 1.54) is 36.3 Å². The smallest absolute Gasteiger partial charge is 0.207 e. The van der Waals surface area contributed by atoms with Crippen LogP contribution in [0.5, 0.6) is 0 Å². The van der Waals surface area contributed by atoms with Gasteiger partial charge in [-0.15, -0.1) is 5.10 Å². The summed E-state index contributed by atoms with van der Waals surface area (Å²) in [7, 11) is 0. The first-order valence-electron chi connectivity index (χ1n) is 9.18. The maximum atomic E-state index is 14.5. The van der Waals surface area contributed by atoms with E-state index in [0.717, 1.165) is 24.7 Å². The minimum Gasteiger partial charge on any atom is -0.316 e. The Labute approximate surface area is 161 Å². The van der Waals surface area contributed by atoms with Gasteiger partial charge in [0.25, 0.3) is 0 Å². The number of halogens is 2. The van der Waals surface area contributed by atoms with Crippen LogP contribution in [0.25, 0.3) is 17.1 Å². The van der Waals surface area contributed by atoms with Gasteiger partial charge in [-0.25, -0.2) is 8.78 Å². The monoisotopic (exact) mass is 387 g/mol. The molecule has 0 atom stereocenters. The van der Waals surface area contributed by atoms with Crippen LogP contribution in [0.15, 0.2) is 48.5 Å². The number of rotatable bonds is 4. The Morgan fingerprint density at radius 2 is 1.74 bits per heavy atom. The van der Waals surface area contributed by atoms with E-state index < -0.39 is 11.6 Å². The van der Waals surface area contributed by atoms with Crippen molar-refractivity contribution < 1.29 is 13.7 Å². The molecule has 0 saturated carbocycles. The number of piperidine rings is 1. The van der Waals surface area contributed by atoms with E-state index in [1.807, 2.05) is 30.3 Å². The van der Waals surface area contributed by atoms with Crippen molar-refractivity contribution in [3.8, 4) is 17.1 Å². The Balaban J connectivity index is 1.83. The number of hydrogen-bond acceptors (Lipinski definition) is 2. The molecular weight excluding hydrogens is 366 g/mol. The van der Waals surface area contributed by atoms with Crippen LogP contribution >= 0.6 is 12.2 Å². The van der Waals surface area contributed by atoms with Crippen LogP contribution in [0.3, 0.4) is 0 Å². The molecule has 1 aromatic heterocycles. The summed E-state index contributed by atoms with van der Waals surface area (Å²) >= 11 is 5.65. The van der Waals surface area contributed by atoms with Gasteiger partial charge in [0.2, 0.25) is 4.77 Å². The Bertz CT molecular complexity index is 991. The summed E-state index contributed by atoms with van der Waals surface area (Å²) < 4.78 is 31.7. The van der Waals surface area contributed by atoms with Crippen LogP contribution in [0.1, 0.15) is 19.3 Å². The van der Waals surface area contributed by atoms with Crippen LogP contribution < -0.4 is 4.90 Å². The lowest BCUT2D eigenvalue weighted by molar-refractivity contribution is -0.928. The molecule has 1 N–H and O–H groups in total. The van der Waals surface area contributed by atoms with E-state index in [-0.39, 0.29) is 5.69 Å². The zero-order valence-electron chi connectivity index (χ0n) is 14.9. The fourth-order valence-electron chi connectivity index (χ4n) is 3.59. The van der Waals surface area contributed by atoms with Crippen molar-refractivity contribution in [1.82, 2.24) is 14.3 Å². The van der Waals surface area contributed by atoms with Crippen LogP contribution in [-0.2, 0) is 6.67 Å². The minimum atomic E-state index is -0.659. The van der Waals surface area contributed by atoms with Gasteiger partial charge < -0.3 is 4.90 Å². The second-order valence-electron chi connectivity index (χ2n) is 6.87. The standard InChI is InChI=1S/C20H20F2N4S/c21-16-9-10-18(17(22)13-16)26-19(15-7-3-1-4-8-15)23-25(20(26)27)14-24-11-5-2-6-12-24/h1,3-4,7-10,13H,2,5-6,11-12,14H2/p+1. The molecule has 1 aliphatic rings. The normalized spacial score (nSPS) is 15.2. The van der Waals surface area contributed by atoms with E-state index in [1.54, 1.807) is 9.25 Å². The number of hydrogen-bond donors (Lipinski definition) is 1. The van der Waals surface area contributed by atoms with E-state index in [4.69, 9.17) is 17.3 Å². The van der Waals surface area contributed by atoms with Crippen molar-refractivity contribution in [2.45, 2.75) is 25.9 Å². The van der Waals surface area contributed by atoms with Crippen molar-refractivity contribution >= 4 is 12.2 Å². The average Bonchev–Trinajstić information content (AvgIpc) is 3.00. The molecule has 0 spiro atoms. The highest BCUT2D eigenvalue weighted by atomic mass is 32.1. The molecule has 27 heavy (non-hydrogen) atoms. The second kappa shape index (κ2) is 7.70. The summed E-state index contributed by atoms with van der Waals surface area (Å²) in [6.45, 7) is 2.81. The molecule has 0 radical (unpaired) electrons. The molecule has 3 aromatic rings. The van der Waals surface area contributed by atoms with Gasteiger partial charge in [-0.2, -0.15) is 4.68 Å². The molecule has 7 heteroatoms. The molecule has 4 rings (SSSR count). The van der Waals surface area contributed by atoms with Crippen molar-refractivity contribution in [3.05, 3.63) is 64.9 Å². The quantitative estimate of drug-likeness (QED) is 0.695. The highest BCUT2D eigenvalue weighted by molar-refractivity contribution is 7.71. The lowest BCUT2D eigenvalue weighted by Crippen LogP contribution is -3.12. The first kappa shape index (κ1) is 18.0. The number of quaternary nitrogens is 1. The Kier molecular flexibility index (Phi) is 5.13. The van der Waals surface area contributed by atoms with Gasteiger partial charge in [-0.05, 0) is 43.6 Å². The SMILES string of the molecule is Fc1ccc(-n2c(-c3ccccc3)nn(C[NH+]3CCCCC3)c2=S)c(F)c1. The maximum Gasteiger partial charge on any atom is 0.207 e. The lowest BCUT2D eigenvalue weighted by atomic mass is 10.1. The second-order valence-corrected chi connectivity index (χ2v) is 7.24. The Hall–Kier alpha value is -2.38. The molecule has 1 aliphatic heterocycles. The van der Waals surface area contributed by atoms with Crippen molar-refractivity contribution in [1.29, 1.82) is 0 Å². The van der Waals surface area contributed by atoms with E-state index in [2.05, 4.69) is 0 Å². The topological polar surface area (TPSA) is 27.2 Å². The first-order valence-corrected chi connectivity index (χ1v) is 9.58. The zero-order chi connectivity index (χ0) is 18.8. The van der Waals surface area contributed by atoms with E-state index in [9.17, 15) is 8.78 Å². The number of nitrogens with zero attached hydrogens (tertiary/aromatic N) is 3. The third-order valence-electron chi connectivity index (χ3n) is 4.96. The molecule has 1 fully saturated rings. The predicted octanol–water partition coefficient (Wildman–Crippen LogP) is 3.37. The van der Waals surface area contributed by atoms with Gasteiger partial charge in [0.05, 0.1) is 18.8 Å². The van der Waals surface area contributed by atoms with Crippen molar-refractivity contribution in [3.63, 3.8) is 0 Å². The first-order chi connectivity index (χ1) is 13.1. The van der Waals surface area contributed by atoms with Crippen LogP contribution in [0.4, 0.5) is 8.78 Å². The molecule has 1 saturated heterocycles. The van der Waals surface area contributed by atoms with Gasteiger partial charge in [0.1, 0.15) is 11.6 Å². The summed E-state index contributed by atoms with van der Waals surface area (Å²) in [5.74, 6) is -0.718. The van der Waals surface area contributed by atoms with Gasteiger partial charge in [0.15, 0.2) is 12.5 Å². The maximum absolute atomic E-state index is 14.5. The van der Waals surface area contributed by atoms with Crippen LogP contribution in [-0.4, -0.2) is 27.4 Å². The van der Waals surface area contributed by atoms with E-state index >= 15 is 0 Å².